The van der Waals surface area contributed by atoms with E-state index in [4.69, 9.17) is 4.74 Å². The van der Waals surface area contributed by atoms with Crippen molar-refractivity contribution in [3.8, 4) is 23.0 Å². The maximum Gasteiger partial charge on any atom is 0.170 e. The number of aromatic hydroxyl groups is 3. The van der Waals surface area contributed by atoms with Crippen molar-refractivity contribution in [2.75, 3.05) is 6.61 Å². The van der Waals surface area contributed by atoms with Crippen LogP contribution in [0.2, 0.25) is 0 Å². The normalized spacial score (nSPS) is 10.3. The smallest absolute Gasteiger partial charge is 0.170 e. The molecular weight excluding hydrogens is 272 g/mol. The Kier molecular flexibility index (Phi) is 4.33. The molecule has 0 radical (unpaired) electrons. The molecule has 2 aromatic rings. The molecule has 0 saturated heterocycles. The van der Waals surface area contributed by atoms with E-state index in [9.17, 15) is 20.1 Å². The molecule has 3 N–H and O–H groups in total. The van der Waals surface area contributed by atoms with Gasteiger partial charge in [0.05, 0.1) is 12.2 Å². The first-order valence-corrected chi connectivity index (χ1v) is 6.51. The number of phenols is 3. The van der Waals surface area contributed by atoms with Gasteiger partial charge in [0.25, 0.3) is 0 Å². The molecule has 0 aliphatic rings. The fraction of sp³-hybridized carbons (Fsp3) is 0.188. The van der Waals surface area contributed by atoms with E-state index in [0.717, 1.165) is 6.07 Å². The summed E-state index contributed by atoms with van der Waals surface area (Å²) in [4.78, 5) is 12.2. The van der Waals surface area contributed by atoms with Crippen LogP contribution in [0.25, 0.3) is 0 Å². The third kappa shape index (κ3) is 3.45. The van der Waals surface area contributed by atoms with Crippen molar-refractivity contribution in [3.05, 3.63) is 47.5 Å². The highest BCUT2D eigenvalue weighted by molar-refractivity contribution is 6.00. The van der Waals surface area contributed by atoms with Gasteiger partial charge in [-0.2, -0.15) is 0 Å². The number of Topliss-reactive ketones (excluding diaryl/α,β-unsaturated/α-hetero) is 1. The Morgan fingerprint density at radius 1 is 1.05 bits per heavy atom. The summed E-state index contributed by atoms with van der Waals surface area (Å²) in [6.07, 6.45) is 0.0543. The minimum Gasteiger partial charge on any atom is -0.508 e. The number of carbonyl (C=O) groups is 1. The lowest BCUT2D eigenvalue weighted by atomic mass is 10.0. The molecule has 0 fully saturated rings. The van der Waals surface area contributed by atoms with Crippen LogP contribution in [0.5, 0.6) is 23.0 Å². The molecule has 5 heteroatoms. The van der Waals surface area contributed by atoms with Gasteiger partial charge in [0.15, 0.2) is 17.3 Å². The largest absolute Gasteiger partial charge is 0.508 e. The summed E-state index contributed by atoms with van der Waals surface area (Å²) >= 11 is 0. The molecular formula is C16H16O5. The highest BCUT2D eigenvalue weighted by atomic mass is 16.5. The molecule has 0 saturated carbocycles. The van der Waals surface area contributed by atoms with E-state index in [2.05, 4.69) is 0 Å². The maximum atomic E-state index is 12.2. The first kappa shape index (κ1) is 14.7. The minimum absolute atomic E-state index is 0.0144. The van der Waals surface area contributed by atoms with E-state index in [1.54, 1.807) is 19.1 Å². The van der Waals surface area contributed by atoms with Gasteiger partial charge in [-0.3, -0.25) is 4.79 Å². The Morgan fingerprint density at radius 2 is 1.81 bits per heavy atom. The monoisotopic (exact) mass is 288 g/mol. The van der Waals surface area contributed by atoms with Gasteiger partial charge in [0, 0.05) is 12.5 Å². The molecule has 0 heterocycles. The van der Waals surface area contributed by atoms with Crippen molar-refractivity contribution in [1.29, 1.82) is 0 Å². The lowest BCUT2D eigenvalue weighted by Crippen LogP contribution is -2.04. The van der Waals surface area contributed by atoms with E-state index >= 15 is 0 Å². The quantitative estimate of drug-likeness (QED) is 0.736. The van der Waals surface area contributed by atoms with E-state index in [1.807, 2.05) is 0 Å². The van der Waals surface area contributed by atoms with Crippen LogP contribution in [0.3, 0.4) is 0 Å². The van der Waals surface area contributed by atoms with Crippen molar-refractivity contribution in [2.24, 2.45) is 0 Å². The first-order valence-electron chi connectivity index (χ1n) is 6.51. The van der Waals surface area contributed by atoms with Gasteiger partial charge in [-0.25, -0.2) is 0 Å². The van der Waals surface area contributed by atoms with Crippen molar-refractivity contribution >= 4 is 5.78 Å². The number of carbonyl (C=O) groups excluding carboxylic acids is 1. The summed E-state index contributed by atoms with van der Waals surface area (Å²) < 4.78 is 5.26. The van der Waals surface area contributed by atoms with Gasteiger partial charge in [-0.15, -0.1) is 0 Å². The number of hydrogen-bond acceptors (Lipinski definition) is 5. The van der Waals surface area contributed by atoms with Gasteiger partial charge < -0.3 is 20.1 Å². The van der Waals surface area contributed by atoms with Crippen molar-refractivity contribution in [3.63, 3.8) is 0 Å². The number of ketones is 1. The molecule has 0 spiro atoms. The van der Waals surface area contributed by atoms with Gasteiger partial charge in [0.1, 0.15) is 11.5 Å². The summed E-state index contributed by atoms with van der Waals surface area (Å²) in [5.41, 5.74) is 0.799. The predicted molar refractivity (Wildman–Crippen MR) is 77.1 cm³/mol. The Hall–Kier alpha value is -2.69. The predicted octanol–water partition coefficient (Wildman–Crippen LogP) is 2.63. The van der Waals surface area contributed by atoms with Gasteiger partial charge in [0.2, 0.25) is 0 Å². The van der Waals surface area contributed by atoms with Crippen LogP contribution in [0.1, 0.15) is 22.8 Å². The van der Waals surface area contributed by atoms with Gasteiger partial charge >= 0.3 is 0 Å². The zero-order valence-corrected chi connectivity index (χ0v) is 11.5. The zero-order chi connectivity index (χ0) is 15.4. The molecule has 0 aliphatic carbocycles. The molecule has 110 valence electrons. The molecule has 2 rings (SSSR count). The van der Waals surface area contributed by atoms with Crippen LogP contribution >= 0.6 is 0 Å². The molecule has 5 nitrogen and oxygen atoms in total. The maximum absolute atomic E-state index is 12.2. The van der Waals surface area contributed by atoms with Gasteiger partial charge in [-0.1, -0.05) is 6.07 Å². The standard InChI is InChI=1S/C16H16O5/c1-2-21-16-8-10(3-6-13(16)18)7-14(19)12-5-4-11(17)9-15(12)20/h3-6,8-9,17-18,20H,2,7H2,1H3. The Labute approximate surface area is 122 Å². The topological polar surface area (TPSA) is 87.0 Å². The van der Waals surface area contributed by atoms with Crippen LogP contribution in [0.4, 0.5) is 0 Å². The average molecular weight is 288 g/mol. The third-order valence-electron chi connectivity index (χ3n) is 2.97. The highest BCUT2D eigenvalue weighted by Crippen LogP contribution is 2.28. The molecule has 0 bridgehead atoms. The Balaban J connectivity index is 2.21. The van der Waals surface area contributed by atoms with Gasteiger partial charge in [-0.05, 0) is 36.8 Å². The lowest BCUT2D eigenvalue weighted by molar-refractivity contribution is 0.0990. The Bertz CT molecular complexity index is 664. The number of hydrogen-bond donors (Lipinski definition) is 3. The molecule has 0 atom stereocenters. The van der Waals surface area contributed by atoms with Crippen LogP contribution < -0.4 is 4.74 Å². The van der Waals surface area contributed by atoms with E-state index < -0.39 is 0 Å². The van der Waals surface area contributed by atoms with Crippen molar-refractivity contribution in [2.45, 2.75) is 13.3 Å². The fourth-order valence-electron chi connectivity index (χ4n) is 1.98. The molecule has 2 aromatic carbocycles. The summed E-state index contributed by atoms with van der Waals surface area (Å²) in [7, 11) is 0. The van der Waals surface area contributed by atoms with E-state index in [-0.39, 0.29) is 35.0 Å². The first-order chi connectivity index (χ1) is 10.0. The zero-order valence-electron chi connectivity index (χ0n) is 11.5. The molecule has 0 aromatic heterocycles. The minimum atomic E-state index is -0.291. The number of ether oxygens (including phenoxy) is 1. The second kappa shape index (κ2) is 6.17. The van der Waals surface area contributed by atoms with Crippen LogP contribution in [0.15, 0.2) is 36.4 Å². The summed E-state index contributed by atoms with van der Waals surface area (Å²) in [5.74, 6) is -0.324. The SMILES string of the molecule is CCOc1cc(CC(=O)c2ccc(O)cc2O)ccc1O. The fourth-order valence-corrected chi connectivity index (χ4v) is 1.98. The second-order valence-corrected chi connectivity index (χ2v) is 4.54. The molecule has 0 unspecified atom stereocenters. The molecule has 0 amide bonds. The summed E-state index contributed by atoms with van der Waals surface area (Å²) in [6.45, 7) is 2.20. The third-order valence-corrected chi connectivity index (χ3v) is 2.97. The second-order valence-electron chi connectivity index (χ2n) is 4.54. The highest BCUT2D eigenvalue weighted by Gasteiger charge is 2.13. The van der Waals surface area contributed by atoms with E-state index in [0.29, 0.717) is 17.9 Å². The van der Waals surface area contributed by atoms with E-state index in [1.165, 1.54) is 18.2 Å². The summed E-state index contributed by atoms with van der Waals surface area (Å²) in [6, 6.07) is 8.51. The van der Waals surface area contributed by atoms with Crippen LogP contribution in [-0.4, -0.2) is 27.7 Å². The Morgan fingerprint density at radius 3 is 2.48 bits per heavy atom. The van der Waals surface area contributed by atoms with Crippen LogP contribution in [-0.2, 0) is 6.42 Å². The van der Waals surface area contributed by atoms with Crippen LogP contribution in [0, 0.1) is 0 Å². The van der Waals surface area contributed by atoms with Crippen molar-refractivity contribution in [1.82, 2.24) is 0 Å². The summed E-state index contributed by atoms with van der Waals surface area (Å²) in [5, 5.41) is 28.5. The molecule has 0 aliphatic heterocycles. The van der Waals surface area contributed by atoms with Crippen molar-refractivity contribution < 1.29 is 24.9 Å². The average Bonchev–Trinajstić information content (AvgIpc) is 2.42. The number of phenolic OH excluding ortho intramolecular Hbond substituents is 3. The number of rotatable bonds is 5. The number of benzene rings is 2. The molecule has 21 heavy (non-hydrogen) atoms. The lowest BCUT2D eigenvalue weighted by Gasteiger charge is -2.09.